The first-order valence-corrected chi connectivity index (χ1v) is 4.08. The van der Waals surface area contributed by atoms with E-state index in [2.05, 4.69) is 4.74 Å². The lowest BCUT2D eigenvalue weighted by Crippen LogP contribution is -2.32. The second-order valence-corrected chi connectivity index (χ2v) is 2.98. The number of ether oxygens (including phenoxy) is 1. The number of nitrogens with two attached hydrogens (primary N) is 1. The van der Waals surface area contributed by atoms with Crippen LogP contribution in [-0.2, 0) is 9.53 Å². The summed E-state index contributed by atoms with van der Waals surface area (Å²) in [6.45, 7) is 3.97. The smallest absolute Gasteiger partial charge is 0.309 e. The summed E-state index contributed by atoms with van der Waals surface area (Å²) in [4.78, 5) is 13.0. The van der Waals surface area contributed by atoms with Crippen LogP contribution in [0.1, 0.15) is 6.92 Å². The number of hydrogen-bond donors (Lipinski definition) is 1. The Morgan fingerprint density at radius 2 is 2.25 bits per heavy atom. The summed E-state index contributed by atoms with van der Waals surface area (Å²) in [5, 5.41) is 0. The zero-order valence-electron chi connectivity index (χ0n) is 8.04. The Morgan fingerprint density at radius 1 is 1.67 bits per heavy atom. The molecule has 0 heterocycles. The molecule has 0 fully saturated rings. The van der Waals surface area contributed by atoms with Crippen molar-refractivity contribution < 1.29 is 9.53 Å². The highest BCUT2D eigenvalue weighted by Gasteiger charge is 2.14. The maximum absolute atomic E-state index is 11.0. The van der Waals surface area contributed by atoms with E-state index in [0.717, 1.165) is 6.54 Å². The predicted octanol–water partition coefficient (Wildman–Crippen LogP) is -0.314. The van der Waals surface area contributed by atoms with Crippen LogP contribution in [0.15, 0.2) is 0 Å². The molecule has 1 unspecified atom stereocenters. The summed E-state index contributed by atoms with van der Waals surface area (Å²) < 4.78 is 4.59. The second-order valence-electron chi connectivity index (χ2n) is 2.98. The first-order chi connectivity index (χ1) is 5.61. The van der Waals surface area contributed by atoms with Crippen molar-refractivity contribution in [1.29, 1.82) is 0 Å². The van der Waals surface area contributed by atoms with Gasteiger partial charge in [0.15, 0.2) is 0 Å². The van der Waals surface area contributed by atoms with Gasteiger partial charge in [0.1, 0.15) is 0 Å². The quantitative estimate of drug-likeness (QED) is 0.581. The van der Waals surface area contributed by atoms with E-state index in [1.54, 1.807) is 0 Å². The number of nitrogens with zero attached hydrogens (tertiary/aromatic N) is 1. The lowest BCUT2D eigenvalue weighted by atomic mass is 10.2. The molecule has 0 spiro atoms. The lowest BCUT2D eigenvalue weighted by Gasteiger charge is -2.18. The number of methoxy groups -OCH3 is 1. The van der Waals surface area contributed by atoms with Crippen molar-refractivity contribution in [3.8, 4) is 0 Å². The predicted molar refractivity (Wildman–Crippen MR) is 47.7 cm³/mol. The summed E-state index contributed by atoms with van der Waals surface area (Å²) in [6, 6.07) is 0. The summed E-state index contributed by atoms with van der Waals surface area (Å²) in [7, 11) is 3.34. The second kappa shape index (κ2) is 5.97. The lowest BCUT2D eigenvalue weighted by molar-refractivity contribution is -0.145. The van der Waals surface area contributed by atoms with Crippen molar-refractivity contribution in [2.75, 3.05) is 33.8 Å². The van der Waals surface area contributed by atoms with Gasteiger partial charge in [-0.25, -0.2) is 0 Å². The summed E-state index contributed by atoms with van der Waals surface area (Å²) in [5.74, 6) is -0.245. The van der Waals surface area contributed by atoms with Crippen LogP contribution in [0.3, 0.4) is 0 Å². The number of carbonyl (C=O) groups excluding carboxylic acids is 1. The van der Waals surface area contributed by atoms with Crippen molar-refractivity contribution in [2.45, 2.75) is 6.92 Å². The molecule has 0 radical (unpaired) electrons. The number of rotatable bonds is 5. The van der Waals surface area contributed by atoms with Crippen LogP contribution < -0.4 is 5.73 Å². The van der Waals surface area contributed by atoms with Crippen LogP contribution in [0.4, 0.5) is 0 Å². The van der Waals surface area contributed by atoms with E-state index in [9.17, 15) is 4.79 Å². The average Bonchev–Trinajstić information content (AvgIpc) is 2.03. The number of hydrogen-bond acceptors (Lipinski definition) is 4. The fourth-order valence-electron chi connectivity index (χ4n) is 1.05. The first-order valence-electron chi connectivity index (χ1n) is 4.08. The Labute approximate surface area is 73.7 Å². The third-order valence-corrected chi connectivity index (χ3v) is 1.70. The van der Waals surface area contributed by atoms with E-state index in [1.165, 1.54) is 7.11 Å². The normalized spacial score (nSPS) is 13.1. The van der Waals surface area contributed by atoms with Gasteiger partial charge in [-0.2, -0.15) is 0 Å². The highest BCUT2D eigenvalue weighted by molar-refractivity contribution is 5.71. The Kier molecular flexibility index (Phi) is 5.66. The van der Waals surface area contributed by atoms with Gasteiger partial charge in [0, 0.05) is 19.6 Å². The molecule has 0 aliphatic carbocycles. The highest BCUT2D eigenvalue weighted by atomic mass is 16.5. The first kappa shape index (κ1) is 11.4. The topological polar surface area (TPSA) is 55.6 Å². The van der Waals surface area contributed by atoms with Gasteiger partial charge in [-0.1, -0.05) is 6.92 Å². The van der Waals surface area contributed by atoms with E-state index in [0.29, 0.717) is 13.1 Å². The minimum atomic E-state index is -0.168. The highest BCUT2D eigenvalue weighted by Crippen LogP contribution is 1.99. The summed E-state index contributed by atoms with van der Waals surface area (Å²) >= 11 is 0. The minimum absolute atomic E-state index is 0.0773. The van der Waals surface area contributed by atoms with Crippen LogP contribution in [-0.4, -0.2) is 44.7 Å². The van der Waals surface area contributed by atoms with E-state index >= 15 is 0 Å². The van der Waals surface area contributed by atoms with Crippen LogP contribution in [0, 0.1) is 5.92 Å². The van der Waals surface area contributed by atoms with Crippen molar-refractivity contribution in [1.82, 2.24) is 4.90 Å². The molecule has 0 bridgehead atoms. The standard InChI is InChI=1S/C8H18N2O2/c1-7(8(11)12-3)6-10(2)5-4-9/h7H,4-6,9H2,1-3H3. The zero-order valence-corrected chi connectivity index (χ0v) is 8.04. The molecule has 0 saturated carbocycles. The van der Waals surface area contributed by atoms with E-state index < -0.39 is 0 Å². The van der Waals surface area contributed by atoms with Gasteiger partial charge in [-0.15, -0.1) is 0 Å². The molecular weight excluding hydrogens is 156 g/mol. The van der Waals surface area contributed by atoms with E-state index in [-0.39, 0.29) is 11.9 Å². The van der Waals surface area contributed by atoms with Crippen molar-refractivity contribution in [3.05, 3.63) is 0 Å². The van der Waals surface area contributed by atoms with Crippen molar-refractivity contribution >= 4 is 5.97 Å². The molecule has 0 aromatic heterocycles. The molecule has 0 aliphatic rings. The Balaban J connectivity index is 3.67. The molecule has 2 N–H and O–H groups in total. The van der Waals surface area contributed by atoms with E-state index in [4.69, 9.17) is 5.73 Å². The van der Waals surface area contributed by atoms with Crippen LogP contribution in [0.5, 0.6) is 0 Å². The number of likely N-dealkylation sites (N-methyl/N-ethyl adjacent to an activating group) is 1. The maximum Gasteiger partial charge on any atom is 0.309 e. The zero-order chi connectivity index (χ0) is 9.56. The van der Waals surface area contributed by atoms with E-state index in [1.807, 2.05) is 18.9 Å². The van der Waals surface area contributed by atoms with Gasteiger partial charge in [0.2, 0.25) is 0 Å². The maximum atomic E-state index is 11.0. The molecule has 0 amide bonds. The van der Waals surface area contributed by atoms with Crippen LogP contribution in [0.25, 0.3) is 0 Å². The molecule has 4 nitrogen and oxygen atoms in total. The summed E-state index contributed by atoms with van der Waals surface area (Å²) in [6.07, 6.45) is 0. The molecule has 0 aromatic rings. The third kappa shape index (κ3) is 4.31. The largest absolute Gasteiger partial charge is 0.469 e. The number of carbonyl (C=O) groups is 1. The van der Waals surface area contributed by atoms with Gasteiger partial charge >= 0.3 is 5.97 Å². The number of esters is 1. The van der Waals surface area contributed by atoms with Gasteiger partial charge in [-0.05, 0) is 7.05 Å². The monoisotopic (exact) mass is 174 g/mol. The SMILES string of the molecule is COC(=O)C(C)CN(C)CCN. The fraction of sp³-hybridized carbons (Fsp3) is 0.875. The molecule has 12 heavy (non-hydrogen) atoms. The van der Waals surface area contributed by atoms with Crippen molar-refractivity contribution in [2.24, 2.45) is 11.7 Å². The molecule has 0 saturated heterocycles. The molecule has 72 valence electrons. The Bertz CT molecular complexity index is 139. The van der Waals surface area contributed by atoms with Gasteiger partial charge < -0.3 is 15.4 Å². The molecule has 0 aromatic carbocycles. The average molecular weight is 174 g/mol. The molecule has 4 heteroatoms. The Hall–Kier alpha value is -0.610. The summed E-state index contributed by atoms with van der Waals surface area (Å²) in [5.41, 5.74) is 5.36. The van der Waals surface area contributed by atoms with Crippen molar-refractivity contribution in [3.63, 3.8) is 0 Å². The van der Waals surface area contributed by atoms with Gasteiger partial charge in [-0.3, -0.25) is 4.79 Å². The van der Waals surface area contributed by atoms with Crippen LogP contribution in [0.2, 0.25) is 0 Å². The minimum Gasteiger partial charge on any atom is -0.469 e. The van der Waals surface area contributed by atoms with Crippen LogP contribution >= 0.6 is 0 Å². The molecule has 0 rings (SSSR count). The van der Waals surface area contributed by atoms with Gasteiger partial charge in [0.05, 0.1) is 13.0 Å². The third-order valence-electron chi connectivity index (χ3n) is 1.70. The fourth-order valence-corrected chi connectivity index (χ4v) is 1.05. The molecule has 0 aliphatic heterocycles. The molecular formula is C8H18N2O2. The Morgan fingerprint density at radius 3 is 2.67 bits per heavy atom. The van der Waals surface area contributed by atoms with Gasteiger partial charge in [0.25, 0.3) is 0 Å². The molecule has 1 atom stereocenters.